The van der Waals surface area contributed by atoms with E-state index in [2.05, 4.69) is 21.0 Å². The maximum Gasteiger partial charge on any atom is 0.197 e. The van der Waals surface area contributed by atoms with E-state index >= 15 is 0 Å². The Morgan fingerprint density at radius 2 is 1.90 bits per heavy atom. The summed E-state index contributed by atoms with van der Waals surface area (Å²) < 4.78 is 16.5. The molecule has 0 bridgehead atoms. The van der Waals surface area contributed by atoms with Gasteiger partial charge in [0.25, 0.3) is 0 Å². The van der Waals surface area contributed by atoms with Crippen LogP contribution in [-0.2, 0) is 6.54 Å². The van der Waals surface area contributed by atoms with Gasteiger partial charge in [-0.1, -0.05) is 18.2 Å². The summed E-state index contributed by atoms with van der Waals surface area (Å²) in [7, 11) is 3.99. The molecule has 0 N–H and O–H groups in total. The van der Waals surface area contributed by atoms with Gasteiger partial charge in [0.05, 0.1) is 30.3 Å². The maximum absolute atomic E-state index is 14.7. The molecule has 6 nitrogen and oxygen atoms in total. The minimum atomic E-state index is -0.300. The van der Waals surface area contributed by atoms with Crippen LogP contribution in [0.25, 0.3) is 33.5 Å². The number of hydrogen-bond acceptors (Lipinski definition) is 5. The monoisotopic (exact) mass is 398 g/mol. The molecule has 7 heteroatoms. The number of aromatic nitrogens is 5. The summed E-state index contributed by atoms with van der Waals surface area (Å²) in [5.41, 5.74) is 5.13. The average molecular weight is 398 g/mol. The number of halogens is 1. The zero-order chi connectivity index (χ0) is 20.7. The van der Waals surface area contributed by atoms with Crippen molar-refractivity contribution in [1.29, 1.82) is 0 Å². The summed E-state index contributed by atoms with van der Waals surface area (Å²) in [5, 5.41) is 0.894. The SMILES string of the molecule is CN(C)c1cccc(-c2cnc3ncn(Cc4cc5cccnc5cc4F)c3n2)c1. The molecule has 0 aliphatic heterocycles. The normalized spacial score (nSPS) is 11.3. The Morgan fingerprint density at radius 1 is 1.00 bits per heavy atom. The molecular formula is C23H19FN6. The minimum Gasteiger partial charge on any atom is -0.378 e. The molecule has 0 amide bonds. The van der Waals surface area contributed by atoms with Crippen LogP contribution < -0.4 is 4.90 Å². The molecule has 5 aromatic rings. The van der Waals surface area contributed by atoms with Gasteiger partial charge in [0.15, 0.2) is 11.3 Å². The highest BCUT2D eigenvalue weighted by Crippen LogP contribution is 2.24. The third-order valence-electron chi connectivity index (χ3n) is 5.10. The fourth-order valence-electron chi connectivity index (χ4n) is 3.48. The molecule has 5 rings (SSSR count). The second kappa shape index (κ2) is 7.18. The molecule has 2 aromatic carbocycles. The second-order valence-corrected chi connectivity index (χ2v) is 7.36. The number of nitrogens with zero attached hydrogens (tertiary/aromatic N) is 6. The van der Waals surface area contributed by atoms with Crippen molar-refractivity contribution in [2.45, 2.75) is 6.54 Å². The van der Waals surface area contributed by atoms with E-state index in [-0.39, 0.29) is 5.82 Å². The number of anilines is 1. The lowest BCUT2D eigenvalue weighted by Crippen LogP contribution is -2.08. The lowest BCUT2D eigenvalue weighted by atomic mass is 10.1. The minimum absolute atomic E-state index is 0.300. The average Bonchev–Trinajstić information content (AvgIpc) is 3.16. The Morgan fingerprint density at radius 3 is 2.77 bits per heavy atom. The summed E-state index contributed by atoms with van der Waals surface area (Å²) >= 11 is 0. The zero-order valence-electron chi connectivity index (χ0n) is 16.6. The molecule has 0 spiro atoms. The van der Waals surface area contributed by atoms with Crippen molar-refractivity contribution in [3.8, 4) is 11.3 Å². The van der Waals surface area contributed by atoms with Crippen molar-refractivity contribution in [2.24, 2.45) is 0 Å². The van der Waals surface area contributed by atoms with E-state index in [1.54, 1.807) is 18.7 Å². The van der Waals surface area contributed by atoms with Gasteiger partial charge in [-0.05, 0) is 24.3 Å². The van der Waals surface area contributed by atoms with Crippen LogP contribution in [0.5, 0.6) is 0 Å². The summed E-state index contributed by atoms with van der Waals surface area (Å²) in [4.78, 5) is 19.8. The van der Waals surface area contributed by atoms with Crippen LogP contribution in [0, 0.1) is 5.82 Å². The first-order valence-electron chi connectivity index (χ1n) is 9.57. The molecule has 0 atom stereocenters. The summed E-state index contributed by atoms with van der Waals surface area (Å²) in [6.45, 7) is 0.309. The van der Waals surface area contributed by atoms with Gasteiger partial charge in [-0.2, -0.15) is 0 Å². The van der Waals surface area contributed by atoms with E-state index in [9.17, 15) is 4.39 Å². The van der Waals surface area contributed by atoms with Gasteiger partial charge in [0.1, 0.15) is 5.82 Å². The van der Waals surface area contributed by atoms with Crippen LogP contribution >= 0.6 is 0 Å². The number of hydrogen-bond donors (Lipinski definition) is 0. The van der Waals surface area contributed by atoms with Crippen molar-refractivity contribution in [1.82, 2.24) is 24.5 Å². The topological polar surface area (TPSA) is 59.7 Å². The van der Waals surface area contributed by atoms with Crippen LogP contribution in [0.15, 0.2) is 67.3 Å². The maximum atomic E-state index is 14.7. The summed E-state index contributed by atoms with van der Waals surface area (Å²) in [5.74, 6) is -0.300. The van der Waals surface area contributed by atoms with Gasteiger partial charge >= 0.3 is 0 Å². The third-order valence-corrected chi connectivity index (χ3v) is 5.10. The first kappa shape index (κ1) is 18.2. The largest absolute Gasteiger partial charge is 0.378 e. The number of rotatable bonds is 4. The number of benzene rings is 2. The fourth-order valence-corrected chi connectivity index (χ4v) is 3.48. The van der Waals surface area contributed by atoms with Gasteiger partial charge in [0.2, 0.25) is 0 Å². The highest BCUT2D eigenvalue weighted by Gasteiger charge is 2.12. The van der Waals surface area contributed by atoms with Crippen LogP contribution in [0.4, 0.5) is 10.1 Å². The Hall–Kier alpha value is -3.87. The van der Waals surface area contributed by atoms with Crippen LogP contribution in [-0.4, -0.2) is 38.6 Å². The molecule has 0 radical (unpaired) electrons. The van der Waals surface area contributed by atoms with Crippen LogP contribution in [0.1, 0.15) is 5.56 Å². The van der Waals surface area contributed by atoms with E-state index in [0.717, 1.165) is 22.3 Å². The van der Waals surface area contributed by atoms with Crippen LogP contribution in [0.3, 0.4) is 0 Å². The third kappa shape index (κ3) is 3.24. The van der Waals surface area contributed by atoms with E-state index < -0.39 is 0 Å². The first-order valence-corrected chi connectivity index (χ1v) is 9.57. The molecule has 0 saturated heterocycles. The fraction of sp³-hybridized carbons (Fsp3) is 0.130. The highest BCUT2D eigenvalue weighted by molar-refractivity contribution is 5.79. The second-order valence-electron chi connectivity index (χ2n) is 7.36. The smallest absolute Gasteiger partial charge is 0.197 e. The lowest BCUT2D eigenvalue weighted by Gasteiger charge is -2.13. The van der Waals surface area contributed by atoms with Crippen LogP contribution in [0.2, 0.25) is 0 Å². The van der Waals surface area contributed by atoms with E-state index in [1.165, 1.54) is 6.07 Å². The van der Waals surface area contributed by atoms with E-state index in [0.29, 0.717) is 28.9 Å². The van der Waals surface area contributed by atoms with Crippen molar-refractivity contribution >= 4 is 27.9 Å². The predicted molar refractivity (Wildman–Crippen MR) is 116 cm³/mol. The number of fused-ring (bicyclic) bond motifs is 2. The van der Waals surface area contributed by atoms with Gasteiger partial charge < -0.3 is 9.47 Å². The molecule has 3 heterocycles. The van der Waals surface area contributed by atoms with Crippen molar-refractivity contribution in [2.75, 3.05) is 19.0 Å². The lowest BCUT2D eigenvalue weighted by molar-refractivity contribution is 0.603. The Labute approximate surface area is 172 Å². The molecule has 0 unspecified atom stereocenters. The molecule has 30 heavy (non-hydrogen) atoms. The zero-order valence-corrected chi connectivity index (χ0v) is 16.6. The Balaban J connectivity index is 1.55. The van der Waals surface area contributed by atoms with Crippen molar-refractivity contribution in [3.05, 3.63) is 78.6 Å². The van der Waals surface area contributed by atoms with Crippen molar-refractivity contribution in [3.63, 3.8) is 0 Å². The molecular weight excluding hydrogens is 379 g/mol. The molecule has 0 aliphatic carbocycles. The molecule has 0 fully saturated rings. The van der Waals surface area contributed by atoms with Gasteiger partial charge in [-0.15, -0.1) is 0 Å². The summed E-state index contributed by atoms with van der Waals surface area (Å²) in [6, 6.07) is 15.1. The molecule has 3 aromatic heterocycles. The first-order chi connectivity index (χ1) is 14.6. The van der Waals surface area contributed by atoms with E-state index in [1.807, 2.05) is 60.0 Å². The molecule has 0 aliphatic rings. The predicted octanol–water partition coefficient (Wildman–Crippen LogP) is 4.29. The quantitative estimate of drug-likeness (QED) is 0.452. The Kier molecular flexibility index (Phi) is 4.35. The molecule has 0 saturated carbocycles. The van der Waals surface area contributed by atoms with E-state index in [4.69, 9.17) is 4.98 Å². The highest BCUT2D eigenvalue weighted by atomic mass is 19.1. The van der Waals surface area contributed by atoms with Gasteiger partial charge in [-0.3, -0.25) is 4.98 Å². The van der Waals surface area contributed by atoms with Gasteiger partial charge in [-0.25, -0.2) is 19.3 Å². The van der Waals surface area contributed by atoms with Gasteiger partial charge in [0, 0.05) is 48.6 Å². The number of pyridine rings is 1. The standard InChI is InChI=1S/C23H19FN6/c1-29(2)18-7-3-5-16(10-18)21-12-26-22-23(28-21)30(14-27-22)13-17-9-15-6-4-8-25-20(15)11-19(17)24/h3-12,14H,13H2,1-2H3. The molecule has 148 valence electrons. The van der Waals surface area contributed by atoms with Crippen molar-refractivity contribution < 1.29 is 4.39 Å². The Bertz CT molecular complexity index is 1380. The number of imidazole rings is 1. The summed E-state index contributed by atoms with van der Waals surface area (Å²) in [6.07, 6.45) is 5.03.